The van der Waals surface area contributed by atoms with Gasteiger partial charge in [-0.15, -0.1) is 0 Å². The Morgan fingerprint density at radius 1 is 0.328 bits per heavy atom. The van der Waals surface area contributed by atoms with Crippen molar-refractivity contribution in [3.05, 3.63) is 224 Å². The zero-order valence-electron chi connectivity index (χ0n) is 32.2. The third-order valence-corrected chi connectivity index (χ3v) is 11.1. The number of fused-ring (bicyclic) bond motifs is 3. The van der Waals surface area contributed by atoms with Gasteiger partial charge in [-0.05, 0) is 117 Å². The molecule has 0 N–H and O–H groups in total. The van der Waals surface area contributed by atoms with Crippen molar-refractivity contribution < 1.29 is 4.74 Å². The van der Waals surface area contributed by atoms with Crippen LogP contribution in [0.25, 0.3) is 72.0 Å². The lowest BCUT2D eigenvalue weighted by Crippen LogP contribution is -2.09. The van der Waals surface area contributed by atoms with Gasteiger partial charge in [-0.25, -0.2) is 0 Å². The SMILES string of the molecule is COc1ccc(-c2ccc(-c3ccc(N(c4ccc(-c5ccccc5)cc4)c4ccc(-c5cccc(-n6c7ccccc7c7ccccc76)c5)cc4)cc3)cc2)cc1. The van der Waals surface area contributed by atoms with Crippen molar-refractivity contribution in [3.8, 4) is 55.9 Å². The van der Waals surface area contributed by atoms with Crippen LogP contribution in [0.1, 0.15) is 0 Å². The van der Waals surface area contributed by atoms with Gasteiger partial charge >= 0.3 is 0 Å². The van der Waals surface area contributed by atoms with Gasteiger partial charge < -0.3 is 14.2 Å². The predicted octanol–water partition coefficient (Wildman–Crippen LogP) is 14.9. The Morgan fingerprint density at radius 2 is 0.690 bits per heavy atom. The summed E-state index contributed by atoms with van der Waals surface area (Å²) in [6.07, 6.45) is 0. The van der Waals surface area contributed by atoms with Gasteiger partial charge in [0.05, 0.1) is 18.1 Å². The van der Waals surface area contributed by atoms with Crippen LogP contribution in [0, 0.1) is 0 Å². The number of rotatable bonds is 9. The maximum Gasteiger partial charge on any atom is 0.118 e. The molecule has 9 aromatic carbocycles. The minimum absolute atomic E-state index is 0.860. The molecule has 0 saturated carbocycles. The summed E-state index contributed by atoms with van der Waals surface area (Å²) in [6.45, 7) is 0. The van der Waals surface area contributed by atoms with Crippen LogP contribution in [0.3, 0.4) is 0 Å². The number of nitrogens with zero attached hydrogens (tertiary/aromatic N) is 2. The monoisotopic (exact) mass is 744 g/mol. The summed E-state index contributed by atoms with van der Waals surface area (Å²) in [4.78, 5) is 2.34. The Balaban J connectivity index is 0.981. The van der Waals surface area contributed by atoms with E-state index in [4.69, 9.17) is 4.74 Å². The number of methoxy groups -OCH3 is 1. The Morgan fingerprint density at radius 3 is 1.16 bits per heavy atom. The molecule has 0 bridgehead atoms. The van der Waals surface area contributed by atoms with Gasteiger partial charge in [-0.2, -0.15) is 0 Å². The molecule has 0 aliphatic heterocycles. The van der Waals surface area contributed by atoms with Crippen LogP contribution >= 0.6 is 0 Å². The molecule has 58 heavy (non-hydrogen) atoms. The fraction of sp³-hybridized carbons (Fsp3) is 0.0182. The maximum atomic E-state index is 5.34. The highest BCUT2D eigenvalue weighted by atomic mass is 16.5. The molecule has 10 aromatic rings. The molecule has 0 aliphatic carbocycles. The van der Waals surface area contributed by atoms with Crippen LogP contribution in [-0.2, 0) is 0 Å². The van der Waals surface area contributed by atoms with Gasteiger partial charge in [0, 0.05) is 33.5 Å². The zero-order chi connectivity index (χ0) is 38.8. The fourth-order valence-corrected chi connectivity index (χ4v) is 8.15. The lowest BCUT2D eigenvalue weighted by Gasteiger charge is -2.26. The Hall–Kier alpha value is -7.62. The smallest absolute Gasteiger partial charge is 0.118 e. The molecule has 3 nitrogen and oxygen atoms in total. The molecule has 0 spiro atoms. The molecule has 0 unspecified atom stereocenters. The highest BCUT2D eigenvalue weighted by Gasteiger charge is 2.15. The minimum atomic E-state index is 0.860. The number of para-hydroxylation sites is 2. The molecule has 0 aliphatic rings. The highest BCUT2D eigenvalue weighted by molar-refractivity contribution is 6.09. The van der Waals surface area contributed by atoms with Crippen molar-refractivity contribution in [3.63, 3.8) is 0 Å². The summed E-state index contributed by atoms with van der Waals surface area (Å²) in [6, 6.07) is 80.4. The zero-order valence-corrected chi connectivity index (χ0v) is 32.2. The van der Waals surface area contributed by atoms with Gasteiger partial charge in [0.15, 0.2) is 0 Å². The quantitative estimate of drug-likeness (QED) is 0.146. The van der Waals surface area contributed by atoms with Gasteiger partial charge in [0.25, 0.3) is 0 Å². The van der Waals surface area contributed by atoms with E-state index in [0.29, 0.717) is 0 Å². The summed E-state index contributed by atoms with van der Waals surface area (Å²) in [5.74, 6) is 0.860. The van der Waals surface area contributed by atoms with E-state index in [-0.39, 0.29) is 0 Å². The van der Waals surface area contributed by atoms with Crippen molar-refractivity contribution in [1.29, 1.82) is 0 Å². The highest BCUT2D eigenvalue weighted by Crippen LogP contribution is 2.39. The Bertz CT molecular complexity index is 2930. The number of hydrogen-bond donors (Lipinski definition) is 0. The Kier molecular flexibility index (Phi) is 9.09. The first-order valence-electron chi connectivity index (χ1n) is 19.7. The number of anilines is 3. The molecular formula is C55H40N2O. The first-order chi connectivity index (χ1) is 28.7. The molecule has 0 saturated heterocycles. The van der Waals surface area contributed by atoms with Crippen LogP contribution in [0.2, 0.25) is 0 Å². The number of benzene rings is 9. The van der Waals surface area contributed by atoms with Crippen LogP contribution in [0.5, 0.6) is 5.75 Å². The number of aromatic nitrogens is 1. The van der Waals surface area contributed by atoms with Crippen molar-refractivity contribution >= 4 is 38.9 Å². The number of hydrogen-bond acceptors (Lipinski definition) is 2. The van der Waals surface area contributed by atoms with Gasteiger partial charge in [0.1, 0.15) is 5.75 Å². The predicted molar refractivity (Wildman–Crippen MR) is 244 cm³/mol. The van der Waals surface area contributed by atoms with Gasteiger partial charge in [-0.3, -0.25) is 0 Å². The van der Waals surface area contributed by atoms with Crippen LogP contribution in [0.15, 0.2) is 224 Å². The summed E-state index contributed by atoms with van der Waals surface area (Å²) in [5, 5.41) is 2.53. The van der Waals surface area contributed by atoms with Crippen LogP contribution in [-0.4, -0.2) is 11.7 Å². The van der Waals surface area contributed by atoms with Gasteiger partial charge in [0.2, 0.25) is 0 Å². The van der Waals surface area contributed by atoms with E-state index in [0.717, 1.165) is 28.5 Å². The lowest BCUT2D eigenvalue weighted by atomic mass is 9.99. The van der Waals surface area contributed by atoms with Crippen molar-refractivity contribution in [2.45, 2.75) is 0 Å². The normalized spacial score (nSPS) is 11.2. The lowest BCUT2D eigenvalue weighted by molar-refractivity contribution is 0.415. The van der Waals surface area contributed by atoms with Crippen LogP contribution < -0.4 is 9.64 Å². The summed E-state index contributed by atoms with van der Waals surface area (Å²) in [7, 11) is 1.69. The van der Waals surface area contributed by atoms with E-state index in [9.17, 15) is 0 Å². The third kappa shape index (κ3) is 6.59. The minimum Gasteiger partial charge on any atom is -0.497 e. The second kappa shape index (κ2) is 15.1. The number of ether oxygens (including phenoxy) is 1. The molecule has 1 aromatic heterocycles. The summed E-state index contributed by atoms with van der Waals surface area (Å²) < 4.78 is 7.72. The molecule has 0 fully saturated rings. The molecule has 276 valence electrons. The van der Waals surface area contributed by atoms with Crippen molar-refractivity contribution in [1.82, 2.24) is 4.57 Å². The van der Waals surface area contributed by atoms with E-state index in [2.05, 4.69) is 222 Å². The molecule has 1 heterocycles. The van der Waals surface area contributed by atoms with E-state index >= 15 is 0 Å². The molecule has 0 amide bonds. The van der Waals surface area contributed by atoms with Crippen molar-refractivity contribution in [2.75, 3.05) is 12.0 Å². The third-order valence-electron chi connectivity index (χ3n) is 11.1. The first-order valence-corrected chi connectivity index (χ1v) is 19.7. The molecule has 3 heteroatoms. The van der Waals surface area contributed by atoms with Gasteiger partial charge in [-0.1, -0.05) is 152 Å². The van der Waals surface area contributed by atoms with Crippen LogP contribution in [0.4, 0.5) is 17.1 Å². The summed E-state index contributed by atoms with van der Waals surface area (Å²) in [5.41, 5.74) is 16.3. The first kappa shape index (κ1) is 34.8. The standard InChI is InChI=1S/C55H40N2O/c1-58-51-36-28-44(29-37-51)41-20-18-40(19-21-41)43-24-32-48(33-25-43)56(47-30-22-42(23-31-47)39-10-3-2-4-11-39)49-34-26-45(27-35-49)46-12-9-13-50(38-46)57-54-16-7-5-14-52(54)53-15-6-8-17-55(53)57/h2-38H,1H3. The van der Waals surface area contributed by atoms with E-state index in [1.165, 1.54) is 66.3 Å². The topological polar surface area (TPSA) is 17.4 Å². The molecular weight excluding hydrogens is 705 g/mol. The molecule has 10 rings (SSSR count). The maximum absolute atomic E-state index is 5.34. The van der Waals surface area contributed by atoms with Crippen molar-refractivity contribution in [2.24, 2.45) is 0 Å². The second-order valence-electron chi connectivity index (χ2n) is 14.6. The largest absolute Gasteiger partial charge is 0.497 e. The average Bonchev–Trinajstić information content (AvgIpc) is 3.65. The Labute approximate surface area is 339 Å². The summed E-state index contributed by atoms with van der Waals surface area (Å²) >= 11 is 0. The second-order valence-corrected chi connectivity index (χ2v) is 14.6. The van der Waals surface area contributed by atoms with E-state index in [1.54, 1.807) is 7.11 Å². The van der Waals surface area contributed by atoms with E-state index in [1.807, 2.05) is 12.1 Å². The average molecular weight is 745 g/mol. The molecule has 0 atom stereocenters. The molecule has 0 radical (unpaired) electrons. The fourth-order valence-electron chi connectivity index (χ4n) is 8.15. The van der Waals surface area contributed by atoms with E-state index < -0.39 is 0 Å².